The highest BCUT2D eigenvalue weighted by Gasteiger charge is 2.26. The Kier molecular flexibility index (Phi) is 7.38. The number of nitrogens with zero attached hydrogens (tertiary/aromatic N) is 2. The number of carbonyl (C=O) groups is 1. The highest BCUT2D eigenvalue weighted by atomic mass is 19.1. The largest absolute Gasteiger partial charge is 0.490 e. The third-order valence-corrected chi connectivity index (χ3v) is 7.11. The fraction of sp³-hybridized carbons (Fsp3) is 0.171. The quantitative estimate of drug-likeness (QED) is 0.197. The highest BCUT2D eigenvalue weighted by molar-refractivity contribution is 6.32. The molecule has 1 aliphatic rings. The number of ether oxygens (including phenoxy) is 2. The lowest BCUT2D eigenvalue weighted by Crippen LogP contribution is -2.28. The lowest BCUT2D eigenvalue weighted by Gasteiger charge is -2.20. The minimum Gasteiger partial charge on any atom is -0.490 e. The Morgan fingerprint density at radius 1 is 0.953 bits per heavy atom. The van der Waals surface area contributed by atoms with E-state index in [-0.39, 0.29) is 18.1 Å². The molecule has 0 spiro atoms. The van der Waals surface area contributed by atoms with E-state index in [1.165, 1.54) is 12.1 Å². The first-order valence-electron chi connectivity index (χ1n) is 13.9. The van der Waals surface area contributed by atoms with Crippen LogP contribution >= 0.6 is 0 Å². The van der Waals surface area contributed by atoms with Crippen molar-refractivity contribution in [2.75, 3.05) is 11.9 Å². The number of benzene rings is 3. The van der Waals surface area contributed by atoms with Gasteiger partial charge in [0.05, 0.1) is 16.7 Å². The summed E-state index contributed by atoms with van der Waals surface area (Å²) in [6.45, 7) is 5.36. The van der Waals surface area contributed by atoms with Gasteiger partial charge in [0.2, 0.25) is 0 Å². The Bertz CT molecular complexity index is 1880. The van der Waals surface area contributed by atoms with Gasteiger partial charge >= 0.3 is 0 Å². The van der Waals surface area contributed by atoms with Crippen LogP contribution in [0.3, 0.4) is 0 Å². The number of pyridine rings is 2. The van der Waals surface area contributed by atoms with Crippen molar-refractivity contribution in [3.8, 4) is 17.2 Å². The summed E-state index contributed by atoms with van der Waals surface area (Å²) in [5.74, 6) is 0.727. The minimum atomic E-state index is -0.980. The molecule has 2 N–H and O–H groups in total. The summed E-state index contributed by atoms with van der Waals surface area (Å²) < 4.78 is 27.2. The van der Waals surface area contributed by atoms with Crippen LogP contribution in [0.5, 0.6) is 17.2 Å². The molecule has 1 aliphatic carbocycles. The van der Waals surface area contributed by atoms with Crippen LogP contribution in [-0.2, 0) is 6.42 Å². The highest BCUT2D eigenvalue weighted by Crippen LogP contribution is 2.36. The van der Waals surface area contributed by atoms with Crippen LogP contribution in [0.2, 0.25) is 0 Å². The zero-order chi connectivity index (χ0) is 30.1. The number of carbonyl (C=O) groups excluding carboxylic acids is 1. The van der Waals surface area contributed by atoms with Crippen molar-refractivity contribution < 1.29 is 23.8 Å². The van der Waals surface area contributed by atoms with Crippen LogP contribution in [0.4, 0.5) is 15.9 Å². The van der Waals surface area contributed by atoms with Crippen LogP contribution in [0.1, 0.15) is 40.9 Å². The maximum Gasteiger partial charge on any atom is 0.197 e. The second-order valence-electron chi connectivity index (χ2n) is 11.1. The van der Waals surface area contributed by atoms with Crippen LogP contribution in [0, 0.1) is 12.7 Å². The lowest BCUT2D eigenvalue weighted by molar-refractivity contribution is 0.0283. The number of rotatable bonds is 8. The maximum atomic E-state index is 15.4. The topological polar surface area (TPSA) is 93.6 Å². The maximum absolute atomic E-state index is 15.4. The second-order valence-corrected chi connectivity index (χ2v) is 11.1. The van der Waals surface area contributed by atoms with Crippen molar-refractivity contribution in [1.82, 2.24) is 9.97 Å². The molecule has 0 saturated carbocycles. The number of hydrogen-bond donors (Lipinski definition) is 2. The Morgan fingerprint density at radius 3 is 2.51 bits per heavy atom. The van der Waals surface area contributed by atoms with Gasteiger partial charge in [0.15, 0.2) is 17.3 Å². The Hall–Kier alpha value is -5.08. The summed E-state index contributed by atoms with van der Waals surface area (Å²) in [6.07, 6.45) is 5.75. The molecule has 7 nitrogen and oxygen atoms in total. The minimum absolute atomic E-state index is 0.0338. The first-order valence-corrected chi connectivity index (χ1v) is 13.9. The van der Waals surface area contributed by atoms with Crippen molar-refractivity contribution in [1.29, 1.82) is 0 Å². The number of allylic oxidation sites excluding steroid dienone is 2. The van der Waals surface area contributed by atoms with E-state index < -0.39 is 11.4 Å². The fourth-order valence-electron chi connectivity index (χ4n) is 5.00. The molecule has 0 saturated heterocycles. The van der Waals surface area contributed by atoms with Crippen molar-refractivity contribution in [2.24, 2.45) is 0 Å². The number of aliphatic hydroxyl groups is 1. The summed E-state index contributed by atoms with van der Waals surface area (Å²) in [7, 11) is 0. The van der Waals surface area contributed by atoms with E-state index in [1.807, 2.05) is 55.5 Å². The van der Waals surface area contributed by atoms with E-state index in [1.54, 1.807) is 44.4 Å². The number of hydrogen-bond acceptors (Lipinski definition) is 7. The van der Waals surface area contributed by atoms with Gasteiger partial charge in [-0.2, -0.15) is 0 Å². The molecule has 0 bridgehead atoms. The van der Waals surface area contributed by atoms with Crippen molar-refractivity contribution >= 4 is 33.8 Å². The molecule has 216 valence electrons. The van der Waals surface area contributed by atoms with E-state index in [0.29, 0.717) is 51.5 Å². The number of nitrogens with one attached hydrogen (secondary N) is 1. The van der Waals surface area contributed by atoms with Gasteiger partial charge in [0, 0.05) is 41.2 Å². The Morgan fingerprint density at radius 2 is 1.74 bits per heavy atom. The SMILES string of the molecule is Cc1cc2c(Oc3ccc(Nc4nccc5c4C(=O)C(c4ccccc4)=CC5)cc3F)ccnc2cc1OCC(C)(C)O. The third-order valence-electron chi connectivity index (χ3n) is 7.11. The molecule has 0 unspecified atom stereocenters. The van der Waals surface area contributed by atoms with Gasteiger partial charge in [-0.1, -0.05) is 36.4 Å². The average Bonchev–Trinajstić information content (AvgIpc) is 2.98. The molecule has 6 rings (SSSR count). The Labute approximate surface area is 248 Å². The smallest absolute Gasteiger partial charge is 0.197 e. The number of aromatic nitrogens is 2. The number of fused-ring (bicyclic) bond motifs is 2. The van der Waals surface area contributed by atoms with Gasteiger partial charge in [-0.15, -0.1) is 0 Å². The number of ketones is 1. The van der Waals surface area contributed by atoms with E-state index in [0.717, 1.165) is 16.7 Å². The molecule has 8 heteroatoms. The van der Waals surface area contributed by atoms with Crippen LogP contribution in [0.25, 0.3) is 16.5 Å². The molecule has 3 aromatic carbocycles. The van der Waals surface area contributed by atoms with Gasteiger partial charge in [0.25, 0.3) is 0 Å². The van der Waals surface area contributed by atoms with E-state index in [9.17, 15) is 9.90 Å². The van der Waals surface area contributed by atoms with E-state index in [4.69, 9.17) is 9.47 Å². The standard InChI is InChI=1S/C35H30FN3O4/c1-21-17-26-28(19-31(21)42-20-35(2,3)41)37-16-14-29(26)43-30-12-10-24(18-27(30)36)39-34-32-23(13-15-38-34)9-11-25(33(32)40)22-7-5-4-6-8-22/h4-8,10-19,41H,9,20H2,1-3H3,(H,38,39). The van der Waals surface area contributed by atoms with Gasteiger partial charge < -0.3 is 19.9 Å². The molecule has 5 aromatic rings. The van der Waals surface area contributed by atoms with Crippen molar-refractivity contribution in [2.45, 2.75) is 32.8 Å². The number of anilines is 2. The molecule has 0 radical (unpaired) electrons. The number of halogens is 1. The molecule has 2 heterocycles. The van der Waals surface area contributed by atoms with Gasteiger partial charge in [-0.25, -0.2) is 9.37 Å². The van der Waals surface area contributed by atoms with E-state index in [2.05, 4.69) is 15.3 Å². The normalized spacial score (nSPS) is 13.0. The summed E-state index contributed by atoms with van der Waals surface area (Å²) in [5, 5.41) is 13.8. The first kappa shape index (κ1) is 28.1. The summed E-state index contributed by atoms with van der Waals surface area (Å²) in [6, 6.07) is 21.2. The summed E-state index contributed by atoms with van der Waals surface area (Å²) >= 11 is 0. The molecule has 0 amide bonds. The fourth-order valence-corrected chi connectivity index (χ4v) is 5.00. The average molecular weight is 576 g/mol. The van der Waals surface area contributed by atoms with Crippen molar-refractivity contribution in [3.63, 3.8) is 0 Å². The second kappa shape index (κ2) is 11.3. The lowest BCUT2D eigenvalue weighted by atomic mass is 9.87. The molecular weight excluding hydrogens is 545 g/mol. The molecule has 0 fully saturated rings. The number of Topliss-reactive ketones (excluding diaryl/α,β-unsaturated/α-hetero) is 1. The van der Waals surface area contributed by atoms with Crippen LogP contribution < -0.4 is 14.8 Å². The molecule has 43 heavy (non-hydrogen) atoms. The monoisotopic (exact) mass is 575 g/mol. The predicted molar refractivity (Wildman–Crippen MR) is 165 cm³/mol. The number of aryl methyl sites for hydroxylation is 1. The third kappa shape index (κ3) is 5.96. The Balaban J connectivity index is 1.24. The zero-order valence-electron chi connectivity index (χ0n) is 24.0. The summed E-state index contributed by atoms with van der Waals surface area (Å²) in [5.41, 5.74) is 3.69. The molecule has 0 aliphatic heterocycles. The van der Waals surface area contributed by atoms with Crippen LogP contribution in [0.15, 0.2) is 91.3 Å². The van der Waals surface area contributed by atoms with Gasteiger partial charge in [0.1, 0.15) is 23.9 Å². The van der Waals surface area contributed by atoms with E-state index >= 15 is 4.39 Å². The van der Waals surface area contributed by atoms with Crippen LogP contribution in [-0.4, -0.2) is 33.1 Å². The first-order chi connectivity index (χ1) is 20.7. The molecule has 2 aromatic heterocycles. The van der Waals surface area contributed by atoms with Crippen molar-refractivity contribution in [3.05, 3.63) is 119 Å². The van der Waals surface area contributed by atoms with Gasteiger partial charge in [-0.05, 0) is 74.2 Å². The molecule has 0 atom stereocenters. The van der Waals surface area contributed by atoms with Gasteiger partial charge in [-0.3, -0.25) is 9.78 Å². The zero-order valence-corrected chi connectivity index (χ0v) is 24.0. The predicted octanol–water partition coefficient (Wildman–Crippen LogP) is 7.59. The summed E-state index contributed by atoms with van der Waals surface area (Å²) in [4.78, 5) is 22.4. The molecular formula is C35H30FN3O4.